The number of Topliss-reactive ketones (excluding diaryl/α,β-unsaturated/α-hetero) is 2. The van der Waals surface area contributed by atoms with E-state index >= 15 is 0 Å². The van der Waals surface area contributed by atoms with Gasteiger partial charge in [-0.2, -0.15) is 13.2 Å². The number of hydrogen-bond donors (Lipinski definition) is 1. The lowest BCUT2D eigenvalue weighted by Crippen LogP contribution is -2.41. The Morgan fingerprint density at radius 2 is 1.56 bits per heavy atom. The van der Waals surface area contributed by atoms with Crippen molar-refractivity contribution in [3.05, 3.63) is 65.7 Å². The normalized spacial score (nSPS) is 20.4. The summed E-state index contributed by atoms with van der Waals surface area (Å²) in [4.78, 5) is 37.1. The zero-order valence-corrected chi connectivity index (χ0v) is 14.1. The van der Waals surface area contributed by atoms with Crippen LogP contribution in [0.4, 0.5) is 18.9 Å². The average molecular weight is 375 g/mol. The molecule has 0 spiro atoms. The van der Waals surface area contributed by atoms with Crippen molar-refractivity contribution in [2.24, 2.45) is 5.92 Å². The molecule has 3 rings (SSSR count). The minimum absolute atomic E-state index is 0.0381. The Bertz CT molecular complexity index is 860. The lowest BCUT2D eigenvalue weighted by molar-refractivity contribution is -0.142. The summed E-state index contributed by atoms with van der Waals surface area (Å²) < 4.78 is 38.3. The minimum atomic E-state index is -4.56. The SMILES string of the molecule is O=C1CC(c2ccccc2)CC(=O)C1C(=O)Nc1cccc(C(F)(F)F)c1. The van der Waals surface area contributed by atoms with E-state index in [0.717, 1.165) is 23.8 Å². The molecule has 0 radical (unpaired) electrons. The smallest absolute Gasteiger partial charge is 0.325 e. The summed E-state index contributed by atoms with van der Waals surface area (Å²) in [5.74, 6) is -3.71. The highest BCUT2D eigenvalue weighted by molar-refractivity contribution is 6.23. The summed E-state index contributed by atoms with van der Waals surface area (Å²) in [5, 5.41) is 2.26. The van der Waals surface area contributed by atoms with Gasteiger partial charge in [0, 0.05) is 18.5 Å². The van der Waals surface area contributed by atoms with E-state index in [9.17, 15) is 27.6 Å². The number of halogens is 3. The maximum atomic E-state index is 12.8. The van der Waals surface area contributed by atoms with Gasteiger partial charge in [0.2, 0.25) is 5.91 Å². The zero-order valence-electron chi connectivity index (χ0n) is 14.1. The molecular weight excluding hydrogens is 359 g/mol. The van der Waals surface area contributed by atoms with Crippen LogP contribution in [0.25, 0.3) is 0 Å². The number of hydrogen-bond acceptors (Lipinski definition) is 3. The molecule has 0 saturated heterocycles. The molecule has 1 aliphatic rings. The second-order valence-electron chi connectivity index (χ2n) is 6.45. The molecule has 1 aliphatic carbocycles. The standard InChI is InChI=1S/C20H16F3NO3/c21-20(22,23)14-7-4-8-15(11-14)24-19(27)18-16(25)9-13(10-17(18)26)12-5-2-1-3-6-12/h1-8,11,13,18H,9-10H2,(H,24,27). The third kappa shape index (κ3) is 4.24. The number of carbonyl (C=O) groups is 3. The summed E-state index contributed by atoms with van der Waals surface area (Å²) in [6, 6.07) is 13.1. The van der Waals surface area contributed by atoms with E-state index in [0.29, 0.717) is 0 Å². The zero-order chi connectivity index (χ0) is 19.6. The fourth-order valence-corrected chi connectivity index (χ4v) is 3.21. The summed E-state index contributed by atoms with van der Waals surface area (Å²) in [7, 11) is 0. The Morgan fingerprint density at radius 3 is 2.15 bits per heavy atom. The van der Waals surface area contributed by atoms with E-state index in [2.05, 4.69) is 5.32 Å². The maximum Gasteiger partial charge on any atom is 0.416 e. The van der Waals surface area contributed by atoms with Gasteiger partial charge in [-0.3, -0.25) is 14.4 Å². The van der Waals surface area contributed by atoms with Gasteiger partial charge in [0.15, 0.2) is 17.5 Å². The number of carbonyl (C=O) groups excluding carboxylic acids is 3. The number of nitrogens with one attached hydrogen (secondary N) is 1. The monoisotopic (exact) mass is 375 g/mol. The lowest BCUT2D eigenvalue weighted by Gasteiger charge is -2.26. The lowest BCUT2D eigenvalue weighted by atomic mass is 9.76. The van der Waals surface area contributed by atoms with Crippen molar-refractivity contribution in [1.29, 1.82) is 0 Å². The van der Waals surface area contributed by atoms with Crippen molar-refractivity contribution in [1.82, 2.24) is 0 Å². The summed E-state index contributed by atoms with van der Waals surface area (Å²) >= 11 is 0. The Labute approximate surface area is 153 Å². The highest BCUT2D eigenvalue weighted by atomic mass is 19.4. The van der Waals surface area contributed by atoms with Crippen LogP contribution in [0.15, 0.2) is 54.6 Å². The van der Waals surface area contributed by atoms with Gasteiger partial charge >= 0.3 is 6.18 Å². The Hall–Kier alpha value is -2.96. The van der Waals surface area contributed by atoms with Crippen LogP contribution < -0.4 is 5.32 Å². The number of rotatable bonds is 3. The Kier molecular flexibility index (Phi) is 5.12. The van der Waals surface area contributed by atoms with E-state index in [1.165, 1.54) is 6.07 Å². The highest BCUT2D eigenvalue weighted by Crippen LogP contribution is 2.33. The van der Waals surface area contributed by atoms with Gasteiger partial charge < -0.3 is 5.32 Å². The predicted molar refractivity (Wildman–Crippen MR) is 92.0 cm³/mol. The molecule has 27 heavy (non-hydrogen) atoms. The van der Waals surface area contributed by atoms with Crippen molar-refractivity contribution in [2.75, 3.05) is 5.32 Å². The molecule has 0 unspecified atom stereocenters. The van der Waals surface area contributed by atoms with E-state index in [1.54, 1.807) is 12.1 Å². The van der Waals surface area contributed by atoms with Crippen LogP contribution in [0.5, 0.6) is 0 Å². The number of alkyl halides is 3. The Balaban J connectivity index is 1.73. The molecule has 0 aliphatic heterocycles. The summed E-state index contributed by atoms with van der Waals surface area (Å²) in [5.41, 5.74) is -0.192. The fourth-order valence-electron chi connectivity index (χ4n) is 3.21. The van der Waals surface area contributed by atoms with Crippen molar-refractivity contribution in [3.63, 3.8) is 0 Å². The predicted octanol–water partition coefficient (Wildman–Crippen LogP) is 3.98. The van der Waals surface area contributed by atoms with Gasteiger partial charge in [-0.1, -0.05) is 36.4 Å². The highest BCUT2D eigenvalue weighted by Gasteiger charge is 2.40. The van der Waals surface area contributed by atoms with Crippen LogP contribution in [0, 0.1) is 5.92 Å². The first-order valence-electron chi connectivity index (χ1n) is 8.34. The third-order valence-corrected chi connectivity index (χ3v) is 4.53. The van der Waals surface area contributed by atoms with Crippen LogP contribution in [0.2, 0.25) is 0 Å². The second-order valence-corrected chi connectivity index (χ2v) is 6.45. The fraction of sp³-hybridized carbons (Fsp3) is 0.250. The molecule has 4 nitrogen and oxygen atoms in total. The maximum absolute atomic E-state index is 12.8. The molecule has 1 amide bonds. The molecule has 2 aromatic rings. The van der Waals surface area contributed by atoms with E-state index in [-0.39, 0.29) is 24.4 Å². The number of amides is 1. The van der Waals surface area contributed by atoms with Gasteiger partial charge in [0.05, 0.1) is 5.56 Å². The summed E-state index contributed by atoms with van der Waals surface area (Å²) in [6.07, 6.45) is -4.48. The summed E-state index contributed by atoms with van der Waals surface area (Å²) in [6.45, 7) is 0. The quantitative estimate of drug-likeness (QED) is 0.826. The van der Waals surface area contributed by atoms with Crippen molar-refractivity contribution >= 4 is 23.2 Å². The average Bonchev–Trinajstić information content (AvgIpc) is 2.61. The molecule has 0 bridgehead atoms. The molecule has 1 N–H and O–H groups in total. The van der Waals surface area contributed by atoms with Crippen LogP contribution in [0.3, 0.4) is 0 Å². The van der Waals surface area contributed by atoms with Crippen molar-refractivity contribution < 1.29 is 27.6 Å². The molecule has 0 atom stereocenters. The number of anilines is 1. The molecule has 0 heterocycles. The topological polar surface area (TPSA) is 63.2 Å². The van der Waals surface area contributed by atoms with E-state index in [4.69, 9.17) is 0 Å². The van der Waals surface area contributed by atoms with Gasteiger partial charge in [-0.15, -0.1) is 0 Å². The first-order valence-corrected chi connectivity index (χ1v) is 8.34. The molecule has 1 fully saturated rings. The van der Waals surface area contributed by atoms with Gasteiger partial charge in [0.25, 0.3) is 0 Å². The van der Waals surface area contributed by atoms with Gasteiger partial charge in [-0.05, 0) is 29.7 Å². The molecule has 140 valence electrons. The van der Waals surface area contributed by atoms with Gasteiger partial charge in [-0.25, -0.2) is 0 Å². The van der Waals surface area contributed by atoms with Crippen LogP contribution in [-0.4, -0.2) is 17.5 Å². The van der Waals surface area contributed by atoms with E-state index < -0.39 is 35.1 Å². The van der Waals surface area contributed by atoms with Crippen LogP contribution in [0.1, 0.15) is 29.9 Å². The number of benzene rings is 2. The minimum Gasteiger partial charge on any atom is -0.325 e. The van der Waals surface area contributed by atoms with Crippen LogP contribution >= 0.6 is 0 Å². The molecular formula is C20H16F3NO3. The molecule has 1 saturated carbocycles. The van der Waals surface area contributed by atoms with Crippen molar-refractivity contribution in [2.45, 2.75) is 24.9 Å². The van der Waals surface area contributed by atoms with E-state index in [1.807, 2.05) is 18.2 Å². The largest absolute Gasteiger partial charge is 0.416 e. The molecule has 2 aromatic carbocycles. The number of ketones is 2. The third-order valence-electron chi connectivity index (χ3n) is 4.53. The van der Waals surface area contributed by atoms with Crippen LogP contribution in [-0.2, 0) is 20.6 Å². The second kappa shape index (κ2) is 7.34. The first kappa shape index (κ1) is 18.8. The first-order chi connectivity index (χ1) is 12.8. The molecule has 0 aromatic heterocycles. The van der Waals surface area contributed by atoms with Crippen molar-refractivity contribution in [3.8, 4) is 0 Å². The van der Waals surface area contributed by atoms with Gasteiger partial charge in [0.1, 0.15) is 0 Å². The Morgan fingerprint density at radius 1 is 0.926 bits per heavy atom. The molecule has 7 heteroatoms.